The molecule has 29 heavy (non-hydrogen) atoms. The number of carboxylic acid groups (broad SMARTS) is 1. The van der Waals surface area contributed by atoms with E-state index in [-0.39, 0.29) is 5.78 Å². The van der Waals surface area contributed by atoms with Gasteiger partial charge >= 0.3 is 5.97 Å². The van der Waals surface area contributed by atoms with Gasteiger partial charge in [0.05, 0.1) is 10.9 Å². The van der Waals surface area contributed by atoms with Gasteiger partial charge in [-0.15, -0.1) is 0 Å². The number of hydrogen-bond donors (Lipinski definition) is 1. The number of aromatic nitrogens is 1. The molecule has 3 aromatic rings. The summed E-state index contributed by atoms with van der Waals surface area (Å²) in [5.41, 5.74) is 6.17. The van der Waals surface area contributed by atoms with E-state index in [9.17, 15) is 9.59 Å². The van der Waals surface area contributed by atoms with Crippen LogP contribution in [-0.2, 0) is 24.2 Å². The van der Waals surface area contributed by atoms with Gasteiger partial charge in [0.2, 0.25) is 0 Å². The topological polar surface area (TPSA) is 68.5 Å². The molecular formula is C24H25NO4. The second kappa shape index (κ2) is 7.74. The summed E-state index contributed by atoms with van der Waals surface area (Å²) in [4.78, 5) is 23.8. The molecule has 0 atom stereocenters. The predicted molar refractivity (Wildman–Crippen MR) is 112 cm³/mol. The van der Waals surface area contributed by atoms with Gasteiger partial charge in [0.1, 0.15) is 5.75 Å². The molecule has 0 radical (unpaired) electrons. The zero-order chi connectivity index (χ0) is 20.5. The van der Waals surface area contributed by atoms with E-state index in [1.807, 2.05) is 31.2 Å². The standard InChI is InChI=1S/C24H25NO4/c1-15-22(16(2)26)23-20(29-14-21(27)28)12-18-10-6-7-11-19(18)24(23)25(15)13-17-8-4-3-5-9-17/h3-5,8-9,12H,6-7,10-11,13-14H2,1-2H3,(H,27,28). The molecule has 0 fully saturated rings. The maximum Gasteiger partial charge on any atom is 0.341 e. The Bertz CT molecular complexity index is 1100. The summed E-state index contributed by atoms with van der Waals surface area (Å²) >= 11 is 0. The van der Waals surface area contributed by atoms with Gasteiger partial charge in [0, 0.05) is 17.8 Å². The largest absolute Gasteiger partial charge is 0.481 e. The van der Waals surface area contributed by atoms with E-state index in [0.717, 1.165) is 47.8 Å². The lowest BCUT2D eigenvalue weighted by Crippen LogP contribution is -2.12. The SMILES string of the molecule is CC(=O)c1c(C)n(Cc2ccccc2)c2c3c(cc(OCC(=O)O)c12)CCCC3. The fourth-order valence-corrected chi connectivity index (χ4v) is 4.53. The van der Waals surface area contributed by atoms with Crippen LogP contribution in [-0.4, -0.2) is 28.0 Å². The van der Waals surface area contributed by atoms with E-state index in [1.54, 1.807) is 6.92 Å². The number of ether oxygens (including phenoxy) is 1. The van der Waals surface area contributed by atoms with Crippen LogP contribution in [0.2, 0.25) is 0 Å². The highest BCUT2D eigenvalue weighted by atomic mass is 16.5. The van der Waals surface area contributed by atoms with Gasteiger partial charge in [0.15, 0.2) is 12.4 Å². The first-order valence-corrected chi connectivity index (χ1v) is 10.0. The van der Waals surface area contributed by atoms with E-state index in [4.69, 9.17) is 9.84 Å². The van der Waals surface area contributed by atoms with Crippen LogP contribution in [0.4, 0.5) is 0 Å². The van der Waals surface area contributed by atoms with Crippen molar-refractivity contribution in [3.63, 3.8) is 0 Å². The Kier molecular flexibility index (Phi) is 5.14. The molecule has 1 N–H and O–H groups in total. The predicted octanol–water partition coefficient (Wildman–Crippen LogP) is 4.54. The molecule has 4 rings (SSSR count). The Morgan fingerprint density at radius 2 is 1.86 bits per heavy atom. The van der Waals surface area contributed by atoms with E-state index >= 15 is 0 Å². The lowest BCUT2D eigenvalue weighted by atomic mass is 9.89. The van der Waals surface area contributed by atoms with Crippen LogP contribution in [0.5, 0.6) is 5.75 Å². The van der Waals surface area contributed by atoms with Gasteiger partial charge in [-0.05, 0) is 62.3 Å². The van der Waals surface area contributed by atoms with Crippen molar-refractivity contribution in [2.45, 2.75) is 46.1 Å². The fourth-order valence-electron chi connectivity index (χ4n) is 4.53. The molecule has 5 heteroatoms. The average molecular weight is 391 g/mol. The highest BCUT2D eigenvalue weighted by Crippen LogP contribution is 2.41. The third-order valence-corrected chi connectivity index (χ3v) is 5.76. The lowest BCUT2D eigenvalue weighted by molar-refractivity contribution is -0.139. The van der Waals surface area contributed by atoms with Crippen LogP contribution >= 0.6 is 0 Å². The molecule has 0 amide bonds. The van der Waals surface area contributed by atoms with Crippen molar-refractivity contribution < 1.29 is 19.4 Å². The van der Waals surface area contributed by atoms with Gasteiger partial charge in [-0.1, -0.05) is 30.3 Å². The van der Waals surface area contributed by atoms with E-state index in [1.165, 1.54) is 11.1 Å². The first-order valence-electron chi connectivity index (χ1n) is 10.0. The number of carboxylic acids is 1. The molecule has 1 aromatic heterocycles. The van der Waals surface area contributed by atoms with Crippen molar-refractivity contribution in [1.29, 1.82) is 0 Å². The molecule has 150 valence electrons. The normalized spacial score (nSPS) is 13.3. The van der Waals surface area contributed by atoms with E-state index in [0.29, 0.717) is 17.9 Å². The van der Waals surface area contributed by atoms with Crippen molar-refractivity contribution in [3.8, 4) is 5.75 Å². The van der Waals surface area contributed by atoms with Crippen LogP contribution in [0.15, 0.2) is 36.4 Å². The number of benzene rings is 2. The first kappa shape index (κ1) is 19.2. The number of fused-ring (bicyclic) bond motifs is 3. The Morgan fingerprint density at radius 3 is 2.55 bits per heavy atom. The van der Waals surface area contributed by atoms with Crippen molar-refractivity contribution in [3.05, 3.63) is 64.3 Å². The Morgan fingerprint density at radius 1 is 1.14 bits per heavy atom. The molecule has 0 aliphatic heterocycles. The Labute approximate surface area is 169 Å². The van der Waals surface area contributed by atoms with Crippen LogP contribution in [0.3, 0.4) is 0 Å². The maximum atomic E-state index is 12.6. The number of carbonyl (C=O) groups excluding carboxylic acids is 1. The van der Waals surface area contributed by atoms with Gasteiger partial charge < -0.3 is 14.4 Å². The van der Waals surface area contributed by atoms with Crippen LogP contribution < -0.4 is 4.74 Å². The molecule has 0 saturated carbocycles. The van der Waals surface area contributed by atoms with Crippen LogP contribution in [0, 0.1) is 6.92 Å². The molecular weight excluding hydrogens is 366 g/mol. The summed E-state index contributed by atoms with van der Waals surface area (Å²) in [6.07, 6.45) is 4.12. The molecule has 5 nitrogen and oxygen atoms in total. The van der Waals surface area contributed by atoms with Gasteiger partial charge in [-0.3, -0.25) is 4.79 Å². The number of aryl methyl sites for hydroxylation is 2. The van der Waals surface area contributed by atoms with Gasteiger partial charge in [0.25, 0.3) is 0 Å². The number of aliphatic carboxylic acids is 1. The molecule has 0 unspecified atom stereocenters. The Balaban J connectivity index is 2.01. The second-order valence-corrected chi connectivity index (χ2v) is 7.71. The zero-order valence-electron chi connectivity index (χ0n) is 16.8. The Hall–Kier alpha value is -3.08. The maximum absolute atomic E-state index is 12.6. The third kappa shape index (κ3) is 3.53. The smallest absolute Gasteiger partial charge is 0.341 e. The zero-order valence-corrected chi connectivity index (χ0v) is 16.8. The second-order valence-electron chi connectivity index (χ2n) is 7.71. The summed E-state index contributed by atoms with van der Waals surface area (Å²) in [6.45, 7) is 3.77. The summed E-state index contributed by atoms with van der Waals surface area (Å²) in [5.74, 6) is -0.556. The molecule has 0 spiro atoms. The van der Waals surface area contributed by atoms with E-state index < -0.39 is 12.6 Å². The monoisotopic (exact) mass is 391 g/mol. The molecule has 1 aliphatic rings. The van der Waals surface area contributed by atoms with Gasteiger partial charge in [-0.25, -0.2) is 4.79 Å². The summed E-state index contributed by atoms with van der Waals surface area (Å²) in [6, 6.07) is 12.1. The minimum Gasteiger partial charge on any atom is -0.481 e. The summed E-state index contributed by atoms with van der Waals surface area (Å²) < 4.78 is 7.90. The number of Topliss-reactive ketones (excluding diaryl/α,β-unsaturated/α-hetero) is 1. The molecule has 0 bridgehead atoms. The minimum atomic E-state index is -1.03. The summed E-state index contributed by atoms with van der Waals surface area (Å²) in [7, 11) is 0. The quantitative estimate of drug-likeness (QED) is 0.626. The first-order chi connectivity index (χ1) is 14.0. The lowest BCUT2D eigenvalue weighted by Gasteiger charge is -2.21. The highest BCUT2D eigenvalue weighted by Gasteiger charge is 2.26. The third-order valence-electron chi connectivity index (χ3n) is 5.76. The number of ketones is 1. The number of carbonyl (C=O) groups is 2. The van der Waals surface area contributed by atoms with Crippen molar-refractivity contribution >= 4 is 22.7 Å². The van der Waals surface area contributed by atoms with Crippen molar-refractivity contribution in [2.75, 3.05) is 6.61 Å². The minimum absolute atomic E-state index is 0.0322. The van der Waals surface area contributed by atoms with Crippen LogP contribution in [0.25, 0.3) is 10.9 Å². The van der Waals surface area contributed by atoms with E-state index in [2.05, 4.69) is 16.7 Å². The average Bonchev–Trinajstić information content (AvgIpc) is 3.00. The number of nitrogens with zero attached hydrogens (tertiary/aromatic N) is 1. The van der Waals surface area contributed by atoms with Crippen molar-refractivity contribution in [2.24, 2.45) is 0 Å². The number of hydrogen-bond acceptors (Lipinski definition) is 3. The highest BCUT2D eigenvalue weighted by molar-refractivity contribution is 6.11. The van der Waals surface area contributed by atoms with Crippen LogP contribution in [0.1, 0.15) is 52.5 Å². The summed E-state index contributed by atoms with van der Waals surface area (Å²) in [5, 5.41) is 9.88. The molecule has 1 aliphatic carbocycles. The molecule has 1 heterocycles. The number of rotatable bonds is 6. The molecule has 0 saturated heterocycles. The van der Waals surface area contributed by atoms with Gasteiger partial charge in [-0.2, -0.15) is 0 Å². The fraction of sp³-hybridized carbons (Fsp3) is 0.333. The molecule has 2 aromatic carbocycles. The van der Waals surface area contributed by atoms with Crippen molar-refractivity contribution in [1.82, 2.24) is 4.57 Å².